The number of rotatable bonds is 11. The average molecular weight is 655 g/mol. The summed E-state index contributed by atoms with van der Waals surface area (Å²) in [4.78, 5) is 28.6. The molecule has 0 fully saturated rings. The predicted molar refractivity (Wildman–Crippen MR) is 168 cm³/mol. The molecule has 0 spiro atoms. The van der Waals surface area contributed by atoms with E-state index in [0.29, 0.717) is 20.6 Å². The van der Waals surface area contributed by atoms with Gasteiger partial charge in [-0.2, -0.15) is 0 Å². The molecule has 3 rings (SSSR count). The van der Waals surface area contributed by atoms with Gasteiger partial charge in [-0.15, -0.1) is 0 Å². The summed E-state index contributed by atoms with van der Waals surface area (Å²) >= 11 is 18.5. The van der Waals surface area contributed by atoms with Crippen molar-refractivity contribution in [1.29, 1.82) is 0 Å². The van der Waals surface area contributed by atoms with Crippen molar-refractivity contribution in [1.82, 2.24) is 10.2 Å². The van der Waals surface area contributed by atoms with Gasteiger partial charge in [-0.1, -0.05) is 53.0 Å². The predicted octanol–water partition coefficient (Wildman–Crippen LogP) is 6.57. The maximum Gasteiger partial charge on any atom is 0.264 e. The molecule has 226 valence electrons. The van der Waals surface area contributed by atoms with Crippen LogP contribution < -0.4 is 14.4 Å². The van der Waals surface area contributed by atoms with Crippen molar-refractivity contribution >= 4 is 62.3 Å². The quantitative estimate of drug-likeness (QED) is 0.252. The zero-order valence-corrected chi connectivity index (χ0v) is 27.1. The summed E-state index contributed by atoms with van der Waals surface area (Å²) in [5.41, 5.74) is 0.129. The summed E-state index contributed by atoms with van der Waals surface area (Å²) in [5, 5.41) is 3.95. The third kappa shape index (κ3) is 8.53. The second-order valence-electron chi connectivity index (χ2n) is 10.5. The lowest BCUT2D eigenvalue weighted by molar-refractivity contribution is -0.140. The molecule has 0 saturated carbocycles. The summed E-state index contributed by atoms with van der Waals surface area (Å²) in [6, 6.07) is 16.0. The Morgan fingerprint density at radius 1 is 0.952 bits per heavy atom. The van der Waals surface area contributed by atoms with Gasteiger partial charge in [0, 0.05) is 27.2 Å². The van der Waals surface area contributed by atoms with Crippen LogP contribution in [-0.2, 0) is 26.2 Å². The molecular formula is C30H34Cl3N3O5S. The highest BCUT2D eigenvalue weighted by atomic mass is 35.5. The Morgan fingerprint density at radius 2 is 1.57 bits per heavy atom. The van der Waals surface area contributed by atoms with E-state index in [1.165, 1.54) is 35.2 Å². The Bertz CT molecular complexity index is 1530. The van der Waals surface area contributed by atoms with E-state index in [4.69, 9.17) is 39.5 Å². The number of nitrogens with zero attached hydrogens (tertiary/aromatic N) is 2. The van der Waals surface area contributed by atoms with Gasteiger partial charge in [0.1, 0.15) is 18.3 Å². The highest BCUT2D eigenvalue weighted by Gasteiger charge is 2.34. The maximum atomic E-state index is 14.1. The number of para-hydroxylation sites is 2. The van der Waals surface area contributed by atoms with Crippen LogP contribution in [0.25, 0.3) is 0 Å². The molecular weight excluding hydrogens is 621 g/mol. The fourth-order valence-corrected chi connectivity index (χ4v) is 6.10. The summed E-state index contributed by atoms with van der Waals surface area (Å²) in [7, 11) is -4.30. The second kappa shape index (κ2) is 14.0. The highest BCUT2D eigenvalue weighted by Crippen LogP contribution is 2.33. The lowest BCUT2D eigenvalue weighted by Gasteiger charge is -2.34. The number of benzene rings is 3. The Labute approximate surface area is 262 Å². The van der Waals surface area contributed by atoms with Crippen molar-refractivity contribution in [2.75, 3.05) is 17.5 Å². The Balaban J connectivity index is 2.11. The Morgan fingerprint density at radius 3 is 2.17 bits per heavy atom. The van der Waals surface area contributed by atoms with Gasteiger partial charge in [0.15, 0.2) is 0 Å². The average Bonchev–Trinajstić information content (AvgIpc) is 2.90. The highest BCUT2D eigenvalue weighted by molar-refractivity contribution is 7.92. The zero-order chi connectivity index (χ0) is 31.2. The molecule has 8 nitrogen and oxygen atoms in total. The number of hydrogen-bond donors (Lipinski definition) is 1. The molecule has 12 heteroatoms. The summed E-state index contributed by atoms with van der Waals surface area (Å²) in [6.45, 7) is 8.39. The van der Waals surface area contributed by atoms with Gasteiger partial charge in [-0.3, -0.25) is 13.9 Å². The molecule has 0 radical (unpaired) electrons. The second-order valence-corrected chi connectivity index (χ2v) is 13.7. The van der Waals surface area contributed by atoms with Crippen molar-refractivity contribution in [2.24, 2.45) is 0 Å². The van der Waals surface area contributed by atoms with Gasteiger partial charge in [0.2, 0.25) is 11.8 Å². The van der Waals surface area contributed by atoms with E-state index in [2.05, 4.69) is 5.32 Å². The number of sulfonamides is 1. The standard InChI is InChI=1S/C30H34Cl3N3O5S/c1-6-41-27-10-8-7-9-26(27)36(42(39,40)24-15-13-22(31)14-16-24)19-28(37)35(20(2)29(38)34-30(3,4)5)18-21-11-12-23(32)17-25(21)33/h7-17,20H,6,18-19H2,1-5H3,(H,34,38)/t20-/m1/s1. The number of nitrogens with one attached hydrogen (secondary N) is 1. The fourth-order valence-electron chi connectivity index (χ4n) is 4.08. The minimum absolute atomic E-state index is 0.0724. The molecule has 0 unspecified atom stereocenters. The van der Waals surface area contributed by atoms with Crippen LogP contribution in [0.2, 0.25) is 15.1 Å². The smallest absolute Gasteiger partial charge is 0.264 e. The largest absolute Gasteiger partial charge is 0.492 e. The van der Waals surface area contributed by atoms with Crippen LogP contribution in [0.15, 0.2) is 71.6 Å². The van der Waals surface area contributed by atoms with E-state index in [1.807, 2.05) is 20.8 Å². The van der Waals surface area contributed by atoms with Gasteiger partial charge in [-0.05, 0) is 88.7 Å². The number of hydrogen-bond acceptors (Lipinski definition) is 5. The topological polar surface area (TPSA) is 96.0 Å². The number of anilines is 1. The maximum absolute atomic E-state index is 14.1. The molecule has 1 N–H and O–H groups in total. The number of halogens is 3. The summed E-state index contributed by atoms with van der Waals surface area (Å²) in [6.07, 6.45) is 0. The van der Waals surface area contributed by atoms with Gasteiger partial charge < -0.3 is 15.0 Å². The minimum atomic E-state index is -4.30. The first kappa shape index (κ1) is 33.5. The summed E-state index contributed by atoms with van der Waals surface area (Å²) < 4.78 is 34.8. The number of ether oxygens (including phenoxy) is 1. The van der Waals surface area contributed by atoms with Crippen molar-refractivity contribution in [2.45, 2.75) is 57.6 Å². The number of carbonyl (C=O) groups is 2. The molecule has 0 aromatic heterocycles. The van der Waals surface area contributed by atoms with E-state index >= 15 is 0 Å². The molecule has 3 aromatic carbocycles. The van der Waals surface area contributed by atoms with Crippen LogP contribution >= 0.6 is 34.8 Å². The van der Waals surface area contributed by atoms with Crippen LogP contribution in [0.5, 0.6) is 5.75 Å². The van der Waals surface area contributed by atoms with Gasteiger partial charge >= 0.3 is 0 Å². The Kier molecular flexibility index (Phi) is 11.2. The van der Waals surface area contributed by atoms with Gasteiger partial charge in [0.05, 0.1) is 17.2 Å². The van der Waals surface area contributed by atoms with E-state index in [-0.39, 0.29) is 29.5 Å². The molecule has 0 aliphatic rings. The van der Waals surface area contributed by atoms with Crippen LogP contribution in [0.3, 0.4) is 0 Å². The lowest BCUT2D eigenvalue weighted by atomic mass is 10.1. The van der Waals surface area contributed by atoms with Crippen LogP contribution in [0, 0.1) is 0 Å². The van der Waals surface area contributed by atoms with Crippen LogP contribution in [-0.4, -0.2) is 49.9 Å². The number of amides is 2. The fraction of sp³-hybridized carbons (Fsp3) is 0.333. The van der Waals surface area contributed by atoms with Crippen molar-refractivity contribution in [3.05, 3.63) is 87.4 Å². The minimum Gasteiger partial charge on any atom is -0.492 e. The van der Waals surface area contributed by atoms with E-state index in [0.717, 1.165) is 4.31 Å². The number of carbonyl (C=O) groups excluding carboxylic acids is 2. The normalized spacial score (nSPS) is 12.4. The molecule has 42 heavy (non-hydrogen) atoms. The van der Waals surface area contributed by atoms with Crippen molar-refractivity contribution < 1.29 is 22.7 Å². The lowest BCUT2D eigenvalue weighted by Crippen LogP contribution is -2.54. The third-order valence-corrected chi connectivity index (χ3v) is 8.75. The first-order valence-corrected chi connectivity index (χ1v) is 15.8. The summed E-state index contributed by atoms with van der Waals surface area (Å²) in [5.74, 6) is -0.777. The van der Waals surface area contributed by atoms with Gasteiger partial charge in [-0.25, -0.2) is 8.42 Å². The van der Waals surface area contributed by atoms with Crippen LogP contribution in [0.1, 0.15) is 40.2 Å². The molecule has 0 aliphatic heterocycles. The SMILES string of the molecule is CCOc1ccccc1N(CC(=O)N(Cc1ccc(Cl)cc1Cl)[C@H](C)C(=O)NC(C)(C)C)S(=O)(=O)c1ccc(Cl)cc1. The van der Waals surface area contributed by atoms with Crippen molar-refractivity contribution in [3.63, 3.8) is 0 Å². The molecule has 3 aromatic rings. The third-order valence-electron chi connectivity index (χ3n) is 6.14. The van der Waals surface area contributed by atoms with E-state index in [1.54, 1.807) is 50.2 Å². The first-order valence-electron chi connectivity index (χ1n) is 13.2. The molecule has 2 amide bonds. The first-order chi connectivity index (χ1) is 19.6. The zero-order valence-electron chi connectivity index (χ0n) is 24.0. The molecule has 0 aliphatic carbocycles. The van der Waals surface area contributed by atoms with Crippen LogP contribution in [0.4, 0.5) is 5.69 Å². The van der Waals surface area contributed by atoms with E-state index in [9.17, 15) is 18.0 Å². The molecule has 0 bridgehead atoms. The Hall–Kier alpha value is -2.98. The van der Waals surface area contributed by atoms with Gasteiger partial charge in [0.25, 0.3) is 10.0 Å². The van der Waals surface area contributed by atoms with E-state index < -0.39 is 40.0 Å². The molecule has 0 heterocycles. The molecule has 0 saturated heterocycles. The monoisotopic (exact) mass is 653 g/mol. The molecule has 1 atom stereocenters. The van der Waals surface area contributed by atoms with Crippen molar-refractivity contribution in [3.8, 4) is 5.75 Å².